The van der Waals surface area contributed by atoms with Gasteiger partial charge < -0.3 is 9.55 Å². The second-order valence-corrected chi connectivity index (χ2v) is 7.11. The number of nitriles is 2. The Kier molecular flexibility index (Phi) is 7.41. The molecular formula is C24H19BF2N4O. The van der Waals surface area contributed by atoms with Gasteiger partial charge in [-0.1, -0.05) is 12.1 Å². The van der Waals surface area contributed by atoms with E-state index in [0.29, 0.717) is 27.9 Å². The van der Waals surface area contributed by atoms with Crippen LogP contribution >= 0.6 is 0 Å². The van der Waals surface area contributed by atoms with Crippen LogP contribution in [-0.4, -0.2) is 13.0 Å². The molecule has 0 aliphatic heterocycles. The van der Waals surface area contributed by atoms with Gasteiger partial charge in [-0.15, -0.1) is 0 Å². The molecule has 1 heterocycles. The SMILES string of the molecule is [B]N(Cc1cnc(CF)c(OCc2cccc(C#N)c2)c1C(C)F)c1ccc(C#N)cc1. The van der Waals surface area contributed by atoms with Crippen LogP contribution in [0.25, 0.3) is 0 Å². The maximum absolute atomic E-state index is 14.7. The summed E-state index contributed by atoms with van der Waals surface area (Å²) < 4.78 is 34.2. The second-order valence-electron chi connectivity index (χ2n) is 7.11. The number of ether oxygens (including phenoxy) is 1. The van der Waals surface area contributed by atoms with Crippen molar-refractivity contribution in [2.75, 3.05) is 4.81 Å². The first-order chi connectivity index (χ1) is 15.5. The molecule has 0 amide bonds. The molecular weight excluding hydrogens is 409 g/mol. The van der Waals surface area contributed by atoms with Gasteiger partial charge in [-0.2, -0.15) is 10.5 Å². The summed E-state index contributed by atoms with van der Waals surface area (Å²) in [5.74, 6) is 0.0376. The Balaban J connectivity index is 1.91. The fourth-order valence-corrected chi connectivity index (χ4v) is 3.29. The monoisotopic (exact) mass is 428 g/mol. The molecule has 0 aliphatic carbocycles. The van der Waals surface area contributed by atoms with Crippen LogP contribution in [0.3, 0.4) is 0 Å². The molecule has 1 unspecified atom stereocenters. The lowest BCUT2D eigenvalue weighted by molar-refractivity contribution is 0.277. The summed E-state index contributed by atoms with van der Waals surface area (Å²) in [6, 6.07) is 17.5. The molecule has 0 spiro atoms. The van der Waals surface area contributed by atoms with Gasteiger partial charge in [-0.25, -0.2) is 8.78 Å². The van der Waals surface area contributed by atoms with Gasteiger partial charge in [0, 0.05) is 24.0 Å². The van der Waals surface area contributed by atoms with Crippen LogP contribution < -0.4 is 9.55 Å². The second kappa shape index (κ2) is 10.4. The number of aromatic nitrogens is 1. The summed E-state index contributed by atoms with van der Waals surface area (Å²) in [6.07, 6.45) is -0.0689. The summed E-state index contributed by atoms with van der Waals surface area (Å²) in [7, 11) is 6.16. The maximum Gasteiger partial charge on any atom is 0.227 e. The van der Waals surface area contributed by atoms with Crippen LogP contribution in [0.5, 0.6) is 5.75 Å². The molecule has 158 valence electrons. The summed E-state index contributed by atoms with van der Waals surface area (Å²) in [5.41, 5.74) is 2.88. The van der Waals surface area contributed by atoms with E-state index in [1.165, 1.54) is 17.9 Å². The van der Waals surface area contributed by atoms with Gasteiger partial charge in [0.1, 0.15) is 30.9 Å². The van der Waals surface area contributed by atoms with Crippen molar-refractivity contribution in [3.63, 3.8) is 0 Å². The van der Waals surface area contributed by atoms with E-state index in [4.69, 9.17) is 23.2 Å². The number of hydrogen-bond acceptors (Lipinski definition) is 5. The quantitative estimate of drug-likeness (QED) is 0.473. The number of anilines is 1. The zero-order valence-corrected chi connectivity index (χ0v) is 17.4. The molecule has 0 N–H and O–H groups in total. The Morgan fingerprint density at radius 3 is 2.47 bits per heavy atom. The van der Waals surface area contributed by atoms with E-state index < -0.39 is 12.8 Å². The highest BCUT2D eigenvalue weighted by Gasteiger charge is 2.22. The lowest BCUT2D eigenvalue weighted by Crippen LogP contribution is -2.20. The van der Waals surface area contributed by atoms with Crippen molar-refractivity contribution in [3.8, 4) is 17.9 Å². The number of nitrogens with zero attached hydrogens (tertiary/aromatic N) is 4. The standard InChI is InChI=1S/C24H19BF2N4O/c1-16(27)23-20(14-31(25)21-7-5-17(11-28)6-8-21)13-30-22(10-26)24(23)32-15-19-4-2-3-18(9-19)12-29/h2-9,13,16H,10,14-15H2,1H3. The molecule has 3 aromatic rings. The molecule has 5 nitrogen and oxygen atoms in total. The minimum absolute atomic E-state index is 0.00775. The molecule has 0 fully saturated rings. The number of halogens is 2. The zero-order chi connectivity index (χ0) is 23.1. The minimum atomic E-state index is -1.46. The maximum atomic E-state index is 14.7. The predicted molar refractivity (Wildman–Crippen MR) is 117 cm³/mol. The third-order valence-electron chi connectivity index (χ3n) is 4.86. The van der Waals surface area contributed by atoms with E-state index in [2.05, 4.69) is 4.98 Å². The number of pyridine rings is 1. The minimum Gasteiger partial charge on any atom is -0.486 e. The van der Waals surface area contributed by atoms with E-state index in [-0.39, 0.29) is 30.2 Å². The van der Waals surface area contributed by atoms with Crippen LogP contribution in [0, 0.1) is 22.7 Å². The highest BCUT2D eigenvalue weighted by molar-refractivity contribution is 6.17. The molecule has 3 rings (SSSR count). The number of hydrogen-bond donors (Lipinski definition) is 0. The summed E-state index contributed by atoms with van der Waals surface area (Å²) in [4.78, 5) is 5.50. The first-order valence-corrected chi connectivity index (χ1v) is 9.81. The van der Waals surface area contributed by atoms with Crippen LogP contribution in [0.4, 0.5) is 14.5 Å². The topological polar surface area (TPSA) is 72.9 Å². The molecule has 0 saturated heterocycles. The van der Waals surface area contributed by atoms with Gasteiger partial charge in [-0.05, 0) is 54.4 Å². The molecule has 0 bridgehead atoms. The Morgan fingerprint density at radius 1 is 1.12 bits per heavy atom. The van der Waals surface area contributed by atoms with E-state index in [1.54, 1.807) is 48.5 Å². The third-order valence-corrected chi connectivity index (χ3v) is 4.86. The first kappa shape index (κ1) is 22.8. The highest BCUT2D eigenvalue weighted by Crippen LogP contribution is 2.35. The van der Waals surface area contributed by atoms with Crippen molar-refractivity contribution in [1.29, 1.82) is 10.5 Å². The lowest BCUT2D eigenvalue weighted by Gasteiger charge is -2.24. The molecule has 8 heteroatoms. The number of benzene rings is 2. The fraction of sp³-hybridized carbons (Fsp3) is 0.208. The Bertz CT molecular complexity index is 1170. The molecule has 2 aromatic carbocycles. The Labute approximate surface area is 186 Å². The van der Waals surface area contributed by atoms with Gasteiger partial charge in [0.15, 0.2) is 0 Å². The molecule has 0 saturated carbocycles. The highest BCUT2D eigenvalue weighted by atomic mass is 19.1. The molecule has 1 atom stereocenters. The van der Waals surface area contributed by atoms with Crippen LogP contribution in [-0.2, 0) is 19.8 Å². The molecule has 32 heavy (non-hydrogen) atoms. The van der Waals surface area contributed by atoms with Crippen molar-refractivity contribution >= 4 is 13.7 Å². The lowest BCUT2D eigenvalue weighted by atomic mass is 10.0. The molecule has 0 aliphatic rings. The van der Waals surface area contributed by atoms with Crippen molar-refractivity contribution in [2.45, 2.75) is 32.9 Å². The predicted octanol–water partition coefficient (Wildman–Crippen LogP) is 4.99. The number of alkyl halides is 2. The zero-order valence-electron chi connectivity index (χ0n) is 17.4. The van der Waals surface area contributed by atoms with Gasteiger partial charge in [-0.3, -0.25) is 4.98 Å². The summed E-state index contributed by atoms with van der Waals surface area (Å²) >= 11 is 0. The van der Waals surface area contributed by atoms with Gasteiger partial charge in [0.25, 0.3) is 0 Å². The largest absolute Gasteiger partial charge is 0.486 e. The van der Waals surface area contributed by atoms with Gasteiger partial charge >= 0.3 is 0 Å². The molecule has 1 aromatic heterocycles. The average molecular weight is 428 g/mol. The average Bonchev–Trinajstić information content (AvgIpc) is 2.82. The summed E-state index contributed by atoms with van der Waals surface area (Å²) in [6.45, 7) is 0.535. The third kappa shape index (κ3) is 5.22. The smallest absolute Gasteiger partial charge is 0.227 e. The fourth-order valence-electron chi connectivity index (χ4n) is 3.29. The Hall–Kier alpha value is -3.91. The van der Waals surface area contributed by atoms with Gasteiger partial charge in [0.05, 0.1) is 23.3 Å². The van der Waals surface area contributed by atoms with Gasteiger partial charge in [0.2, 0.25) is 7.98 Å². The van der Waals surface area contributed by atoms with Crippen molar-refractivity contribution in [3.05, 3.63) is 88.2 Å². The van der Waals surface area contributed by atoms with Crippen LogP contribution in [0.1, 0.15) is 46.6 Å². The Morgan fingerprint density at radius 2 is 1.84 bits per heavy atom. The van der Waals surface area contributed by atoms with E-state index in [0.717, 1.165) is 0 Å². The van der Waals surface area contributed by atoms with E-state index in [1.807, 2.05) is 12.1 Å². The van der Waals surface area contributed by atoms with Crippen LogP contribution in [0.2, 0.25) is 0 Å². The van der Waals surface area contributed by atoms with E-state index >= 15 is 0 Å². The van der Waals surface area contributed by atoms with E-state index in [9.17, 15) is 8.78 Å². The molecule has 2 radical (unpaired) electrons. The summed E-state index contributed by atoms with van der Waals surface area (Å²) in [5, 5.41) is 18.0. The van der Waals surface area contributed by atoms with Crippen molar-refractivity contribution < 1.29 is 13.5 Å². The number of rotatable bonds is 8. The van der Waals surface area contributed by atoms with Crippen LogP contribution in [0.15, 0.2) is 54.7 Å². The first-order valence-electron chi connectivity index (χ1n) is 9.81. The van der Waals surface area contributed by atoms with Crippen molar-refractivity contribution in [1.82, 2.24) is 4.98 Å². The van der Waals surface area contributed by atoms with Crippen molar-refractivity contribution in [2.24, 2.45) is 0 Å². The normalized spacial score (nSPS) is 11.3.